The average molecular weight is 314 g/mol. The Kier molecular flexibility index (Phi) is 4.20. The van der Waals surface area contributed by atoms with Crippen molar-refractivity contribution in [2.24, 2.45) is 10.2 Å². The standard InChI is InChI=1S/C16H18N4OS/c1-2-9-20-13-8-4-3-7-12(13)14(15(20)21)17-18-16(22)19-10-5-6-11-19/h2-4,7-8,21H,1,5-6,9-11H2. The first-order valence-corrected chi connectivity index (χ1v) is 7.75. The quantitative estimate of drug-likeness (QED) is 0.529. The molecule has 2 heterocycles. The van der Waals surface area contributed by atoms with Gasteiger partial charge in [-0.25, -0.2) is 0 Å². The van der Waals surface area contributed by atoms with Crippen LogP contribution in [0.4, 0.5) is 5.69 Å². The first kappa shape index (κ1) is 14.7. The molecular weight excluding hydrogens is 296 g/mol. The molecule has 22 heavy (non-hydrogen) atoms. The highest BCUT2D eigenvalue weighted by Gasteiger charge is 2.17. The monoisotopic (exact) mass is 314 g/mol. The highest BCUT2D eigenvalue weighted by atomic mass is 32.1. The number of azo groups is 1. The molecule has 5 nitrogen and oxygen atoms in total. The molecule has 1 aliphatic rings. The molecule has 6 heteroatoms. The smallest absolute Gasteiger partial charge is 0.221 e. The Morgan fingerprint density at radius 1 is 1.32 bits per heavy atom. The summed E-state index contributed by atoms with van der Waals surface area (Å²) in [5, 5.41) is 20.1. The fraction of sp³-hybridized carbons (Fsp3) is 0.312. The number of nitrogens with zero attached hydrogens (tertiary/aromatic N) is 4. The van der Waals surface area contributed by atoms with E-state index in [2.05, 4.69) is 16.8 Å². The van der Waals surface area contributed by atoms with Crippen LogP contribution in [0.5, 0.6) is 5.88 Å². The minimum Gasteiger partial charge on any atom is -0.493 e. The number of aromatic nitrogens is 1. The lowest BCUT2D eigenvalue weighted by atomic mass is 10.2. The van der Waals surface area contributed by atoms with Crippen LogP contribution in [0.1, 0.15) is 12.8 Å². The predicted molar refractivity (Wildman–Crippen MR) is 91.7 cm³/mol. The summed E-state index contributed by atoms with van der Waals surface area (Å²) in [5.74, 6) is 0.0917. The van der Waals surface area contributed by atoms with Gasteiger partial charge in [-0.15, -0.1) is 16.8 Å². The lowest BCUT2D eigenvalue weighted by Crippen LogP contribution is -2.23. The van der Waals surface area contributed by atoms with Crippen LogP contribution in [0.3, 0.4) is 0 Å². The van der Waals surface area contributed by atoms with Crippen molar-refractivity contribution in [3.63, 3.8) is 0 Å². The molecule has 1 aromatic heterocycles. The van der Waals surface area contributed by atoms with Crippen LogP contribution < -0.4 is 0 Å². The lowest BCUT2D eigenvalue weighted by molar-refractivity contribution is 0.431. The van der Waals surface area contributed by atoms with E-state index in [1.165, 1.54) is 0 Å². The van der Waals surface area contributed by atoms with Gasteiger partial charge < -0.3 is 14.6 Å². The van der Waals surface area contributed by atoms with Gasteiger partial charge in [0.1, 0.15) is 0 Å². The third-order valence-corrected chi connectivity index (χ3v) is 4.18. The van der Waals surface area contributed by atoms with Crippen LogP contribution in [0, 0.1) is 0 Å². The topological polar surface area (TPSA) is 53.1 Å². The molecule has 1 aromatic carbocycles. The van der Waals surface area contributed by atoms with Gasteiger partial charge in [-0.05, 0) is 31.1 Å². The maximum atomic E-state index is 10.4. The minimum atomic E-state index is 0.0917. The van der Waals surface area contributed by atoms with Crippen LogP contribution in [-0.2, 0) is 6.54 Å². The second-order valence-corrected chi connectivity index (χ2v) is 5.63. The number of para-hydroxylation sites is 1. The van der Waals surface area contributed by atoms with Crippen LogP contribution >= 0.6 is 12.2 Å². The van der Waals surface area contributed by atoms with E-state index in [1.807, 2.05) is 29.2 Å². The molecule has 0 unspecified atom stereocenters. The molecule has 0 radical (unpaired) electrons. The number of benzene rings is 1. The van der Waals surface area contributed by atoms with Gasteiger partial charge >= 0.3 is 0 Å². The third-order valence-electron chi connectivity index (χ3n) is 3.84. The van der Waals surface area contributed by atoms with Crippen molar-refractivity contribution in [3.8, 4) is 5.88 Å². The van der Waals surface area contributed by atoms with E-state index in [4.69, 9.17) is 12.2 Å². The molecule has 1 aliphatic heterocycles. The Hall–Kier alpha value is -2.21. The summed E-state index contributed by atoms with van der Waals surface area (Å²) in [4.78, 5) is 2.04. The number of rotatable bonds is 3. The molecule has 0 spiro atoms. The van der Waals surface area contributed by atoms with Crippen molar-refractivity contribution in [1.29, 1.82) is 0 Å². The molecule has 114 valence electrons. The number of fused-ring (bicyclic) bond motifs is 1. The van der Waals surface area contributed by atoms with E-state index in [1.54, 1.807) is 10.6 Å². The van der Waals surface area contributed by atoms with Crippen molar-refractivity contribution < 1.29 is 5.11 Å². The van der Waals surface area contributed by atoms with E-state index < -0.39 is 0 Å². The summed E-state index contributed by atoms with van der Waals surface area (Å²) < 4.78 is 1.76. The summed E-state index contributed by atoms with van der Waals surface area (Å²) in [6, 6.07) is 7.70. The Balaban J connectivity index is 1.97. The Bertz CT molecular complexity index is 744. The van der Waals surface area contributed by atoms with Gasteiger partial charge in [-0.1, -0.05) is 24.3 Å². The molecule has 0 amide bonds. The lowest BCUT2D eigenvalue weighted by Gasteiger charge is -2.12. The molecule has 0 atom stereocenters. The summed E-state index contributed by atoms with van der Waals surface area (Å²) >= 11 is 5.30. The zero-order valence-corrected chi connectivity index (χ0v) is 13.1. The van der Waals surface area contributed by atoms with E-state index in [9.17, 15) is 5.11 Å². The van der Waals surface area contributed by atoms with Gasteiger partial charge in [-0.2, -0.15) is 0 Å². The van der Waals surface area contributed by atoms with E-state index in [0.29, 0.717) is 17.3 Å². The largest absolute Gasteiger partial charge is 0.493 e. The molecule has 1 saturated heterocycles. The molecule has 0 bridgehead atoms. The molecule has 0 saturated carbocycles. The van der Waals surface area contributed by atoms with Crippen LogP contribution in [0.25, 0.3) is 10.9 Å². The first-order chi connectivity index (χ1) is 10.7. The zero-order chi connectivity index (χ0) is 15.5. The Morgan fingerprint density at radius 2 is 2.05 bits per heavy atom. The fourth-order valence-corrected chi connectivity index (χ4v) is 2.97. The van der Waals surface area contributed by atoms with Crippen molar-refractivity contribution in [1.82, 2.24) is 9.47 Å². The zero-order valence-electron chi connectivity index (χ0n) is 12.3. The first-order valence-electron chi connectivity index (χ1n) is 7.34. The highest BCUT2D eigenvalue weighted by molar-refractivity contribution is 7.80. The molecule has 1 N–H and O–H groups in total. The van der Waals surface area contributed by atoms with Gasteiger partial charge in [0.15, 0.2) is 5.69 Å². The molecule has 3 rings (SSSR count). The number of likely N-dealkylation sites (tertiary alicyclic amines) is 1. The summed E-state index contributed by atoms with van der Waals surface area (Å²) in [5.41, 5.74) is 1.36. The predicted octanol–water partition coefficient (Wildman–Crippen LogP) is 4.00. The van der Waals surface area contributed by atoms with Crippen LogP contribution in [0.2, 0.25) is 0 Å². The molecule has 2 aromatic rings. The fourth-order valence-electron chi connectivity index (χ4n) is 2.75. The Labute approximate surface area is 134 Å². The van der Waals surface area contributed by atoms with E-state index in [0.717, 1.165) is 36.8 Å². The van der Waals surface area contributed by atoms with Gasteiger partial charge in [0.05, 0.1) is 5.52 Å². The Morgan fingerprint density at radius 3 is 2.77 bits per heavy atom. The number of hydrogen-bond donors (Lipinski definition) is 1. The summed E-state index contributed by atoms with van der Waals surface area (Å²) in [7, 11) is 0. The molecule has 1 fully saturated rings. The van der Waals surface area contributed by atoms with Gasteiger partial charge in [0.2, 0.25) is 11.0 Å². The minimum absolute atomic E-state index is 0.0917. The second kappa shape index (κ2) is 6.27. The van der Waals surface area contributed by atoms with Gasteiger partial charge in [-0.3, -0.25) is 0 Å². The van der Waals surface area contributed by atoms with Crippen molar-refractivity contribution >= 4 is 33.9 Å². The van der Waals surface area contributed by atoms with Crippen molar-refractivity contribution in [2.75, 3.05) is 13.1 Å². The van der Waals surface area contributed by atoms with Crippen LogP contribution in [0.15, 0.2) is 47.1 Å². The van der Waals surface area contributed by atoms with Crippen LogP contribution in [-0.4, -0.2) is 32.8 Å². The highest BCUT2D eigenvalue weighted by Crippen LogP contribution is 2.38. The molecule has 0 aliphatic carbocycles. The number of aromatic hydroxyl groups is 1. The third kappa shape index (κ3) is 2.62. The van der Waals surface area contributed by atoms with Crippen molar-refractivity contribution in [3.05, 3.63) is 36.9 Å². The normalized spacial score (nSPS) is 15.0. The molecular formula is C16H18N4OS. The maximum absolute atomic E-state index is 10.4. The number of hydrogen-bond acceptors (Lipinski definition) is 3. The second-order valence-electron chi connectivity index (χ2n) is 5.27. The van der Waals surface area contributed by atoms with Gasteiger partial charge in [0.25, 0.3) is 0 Å². The number of thiocarbonyl (C=S) groups is 1. The van der Waals surface area contributed by atoms with E-state index in [-0.39, 0.29) is 5.88 Å². The maximum Gasteiger partial charge on any atom is 0.221 e. The van der Waals surface area contributed by atoms with Crippen molar-refractivity contribution in [2.45, 2.75) is 19.4 Å². The van der Waals surface area contributed by atoms with E-state index >= 15 is 0 Å². The SMILES string of the molecule is C=CCn1c(O)c(N=NC(=S)N2CCCC2)c2ccccc21. The van der Waals surface area contributed by atoms with Gasteiger partial charge in [0, 0.05) is 25.0 Å². The number of allylic oxidation sites excluding steroid dienone is 1. The average Bonchev–Trinajstić information content (AvgIpc) is 3.14. The summed E-state index contributed by atoms with van der Waals surface area (Å²) in [6.07, 6.45) is 4.01. The summed E-state index contributed by atoms with van der Waals surface area (Å²) in [6.45, 7) is 6.10.